The molecule has 1 aliphatic rings. The second-order valence-corrected chi connectivity index (χ2v) is 9.43. The van der Waals surface area contributed by atoms with Gasteiger partial charge in [0.2, 0.25) is 6.79 Å². The largest absolute Gasteiger partial charge is 0.454 e. The van der Waals surface area contributed by atoms with E-state index in [0.29, 0.717) is 39.5 Å². The molecule has 0 spiro atoms. The van der Waals surface area contributed by atoms with Crippen LogP contribution in [0.2, 0.25) is 0 Å². The van der Waals surface area contributed by atoms with Crippen molar-refractivity contribution < 1.29 is 19.2 Å². The molecule has 0 radical (unpaired) electrons. The van der Waals surface area contributed by atoms with Crippen molar-refractivity contribution in [2.45, 2.75) is 30.8 Å². The maximum Gasteiger partial charge on any atom is 0.269 e. The minimum Gasteiger partial charge on any atom is -0.454 e. The Hall–Kier alpha value is -4.38. The second-order valence-electron chi connectivity index (χ2n) is 8.49. The first kappa shape index (κ1) is 24.3. The van der Waals surface area contributed by atoms with Crippen LogP contribution in [0.5, 0.6) is 11.5 Å². The summed E-state index contributed by atoms with van der Waals surface area (Å²) >= 11 is 1.49. The lowest BCUT2D eigenvalue weighted by Gasteiger charge is -2.16. The number of hydrogen-bond donors (Lipinski definition) is 1. The van der Waals surface area contributed by atoms with Crippen molar-refractivity contribution >= 4 is 23.4 Å². The third-order valence-corrected chi connectivity index (χ3v) is 6.80. The van der Waals surface area contributed by atoms with Crippen molar-refractivity contribution in [2.75, 3.05) is 6.79 Å². The number of carbonyl (C=O) groups is 1. The number of thioether (sulfide) groups is 1. The molecule has 1 unspecified atom stereocenters. The van der Waals surface area contributed by atoms with E-state index in [2.05, 4.69) is 21.6 Å². The van der Waals surface area contributed by atoms with Crippen LogP contribution in [0.25, 0.3) is 5.69 Å². The van der Waals surface area contributed by atoms with Crippen LogP contribution >= 0.6 is 11.8 Å². The van der Waals surface area contributed by atoms with Crippen LogP contribution in [0, 0.1) is 17.0 Å². The molecule has 1 atom stereocenters. The van der Waals surface area contributed by atoms with E-state index in [1.165, 1.54) is 23.9 Å². The number of amides is 1. The predicted octanol–water partition coefficient (Wildman–Crippen LogP) is 5.00. The Morgan fingerprint density at radius 3 is 2.65 bits per heavy atom. The van der Waals surface area contributed by atoms with Gasteiger partial charge in [0.1, 0.15) is 0 Å². The van der Waals surface area contributed by atoms with E-state index >= 15 is 0 Å². The van der Waals surface area contributed by atoms with E-state index in [4.69, 9.17) is 9.47 Å². The number of fused-ring (bicyclic) bond motifs is 1. The van der Waals surface area contributed by atoms with Crippen molar-refractivity contribution in [1.29, 1.82) is 0 Å². The summed E-state index contributed by atoms with van der Waals surface area (Å²) in [6, 6.07) is 18.8. The van der Waals surface area contributed by atoms with Crippen molar-refractivity contribution in [1.82, 2.24) is 20.1 Å². The topological polar surface area (TPSA) is 121 Å². The molecule has 0 aliphatic carbocycles. The van der Waals surface area contributed by atoms with Gasteiger partial charge in [-0.15, -0.1) is 10.2 Å². The Kier molecular flexibility index (Phi) is 6.78. The molecule has 0 saturated heterocycles. The number of rotatable bonds is 8. The van der Waals surface area contributed by atoms with Crippen LogP contribution < -0.4 is 14.8 Å². The summed E-state index contributed by atoms with van der Waals surface area (Å²) < 4.78 is 12.5. The molecule has 1 aliphatic heterocycles. The fourth-order valence-electron chi connectivity index (χ4n) is 3.95. The smallest absolute Gasteiger partial charge is 0.269 e. The molecular weight excluding hydrogens is 494 g/mol. The summed E-state index contributed by atoms with van der Waals surface area (Å²) in [4.78, 5) is 23.7. The first-order valence-electron chi connectivity index (χ1n) is 11.5. The number of non-ortho nitro benzene ring substituents is 1. The average Bonchev–Trinajstić information content (AvgIpc) is 3.54. The van der Waals surface area contributed by atoms with Crippen LogP contribution in [0.4, 0.5) is 5.69 Å². The molecule has 4 aromatic rings. The van der Waals surface area contributed by atoms with Gasteiger partial charge in [0, 0.05) is 29.1 Å². The van der Waals surface area contributed by atoms with Gasteiger partial charge >= 0.3 is 0 Å². The number of nitrogens with one attached hydrogen (secondary N) is 1. The zero-order valence-corrected chi connectivity index (χ0v) is 20.9. The van der Waals surface area contributed by atoms with E-state index < -0.39 is 11.0 Å². The van der Waals surface area contributed by atoms with Gasteiger partial charge in [-0.25, -0.2) is 0 Å². The Morgan fingerprint density at radius 1 is 1.11 bits per heavy atom. The molecule has 1 amide bonds. The summed E-state index contributed by atoms with van der Waals surface area (Å²) in [5, 5.41) is 23.5. The van der Waals surface area contributed by atoms with Gasteiger partial charge in [0.25, 0.3) is 11.6 Å². The van der Waals surface area contributed by atoms with E-state index in [1.54, 1.807) is 30.3 Å². The minimum absolute atomic E-state index is 0.0171. The maximum atomic E-state index is 13.0. The normalized spacial score (nSPS) is 12.8. The second kappa shape index (κ2) is 10.3. The molecule has 0 fully saturated rings. The summed E-state index contributed by atoms with van der Waals surface area (Å²) in [7, 11) is 0. The van der Waals surface area contributed by atoms with Gasteiger partial charge in [-0.1, -0.05) is 41.6 Å². The van der Waals surface area contributed by atoms with E-state index in [-0.39, 0.29) is 18.4 Å². The fraction of sp³-hybridized carbons (Fsp3) is 0.192. The Morgan fingerprint density at radius 2 is 1.89 bits per heavy atom. The van der Waals surface area contributed by atoms with Crippen molar-refractivity contribution in [2.24, 2.45) is 0 Å². The molecule has 0 saturated carbocycles. The lowest BCUT2D eigenvalue weighted by molar-refractivity contribution is -0.384. The molecule has 188 valence electrons. The number of nitro benzene ring substituents is 1. The summed E-state index contributed by atoms with van der Waals surface area (Å²) in [6.45, 7) is 3.97. The molecule has 1 N–H and O–H groups in total. The molecule has 10 nitrogen and oxygen atoms in total. The van der Waals surface area contributed by atoms with E-state index in [9.17, 15) is 14.9 Å². The molecule has 2 heterocycles. The quantitative estimate of drug-likeness (QED) is 0.197. The Balaban J connectivity index is 1.43. The number of nitrogens with zero attached hydrogens (tertiary/aromatic N) is 4. The number of ether oxygens (including phenoxy) is 2. The van der Waals surface area contributed by atoms with Gasteiger partial charge in [-0.05, 0) is 49.7 Å². The summed E-state index contributed by atoms with van der Waals surface area (Å²) in [5.41, 5.74) is 3.36. The summed E-state index contributed by atoms with van der Waals surface area (Å²) in [6.07, 6.45) is 0. The monoisotopic (exact) mass is 517 g/mol. The minimum atomic E-state index is -0.520. The van der Waals surface area contributed by atoms with Gasteiger partial charge < -0.3 is 14.8 Å². The maximum absolute atomic E-state index is 13.0. The lowest BCUT2D eigenvalue weighted by atomic mass is 10.1. The number of aromatic nitrogens is 3. The number of benzene rings is 3. The van der Waals surface area contributed by atoms with Crippen LogP contribution in [0.15, 0.2) is 71.9 Å². The summed E-state index contributed by atoms with van der Waals surface area (Å²) in [5.74, 6) is 1.96. The van der Waals surface area contributed by atoms with Crippen molar-refractivity contribution in [3.63, 3.8) is 0 Å². The number of aryl methyl sites for hydroxylation is 1. The highest BCUT2D eigenvalue weighted by Crippen LogP contribution is 2.33. The highest BCUT2D eigenvalue weighted by atomic mass is 32.2. The van der Waals surface area contributed by atoms with Crippen LogP contribution in [0.1, 0.15) is 40.3 Å². The Bertz CT molecular complexity index is 1470. The molecule has 1 aromatic heterocycles. The molecular formula is C26H23N5O5S. The lowest BCUT2D eigenvalue weighted by Crippen LogP contribution is -2.28. The highest BCUT2D eigenvalue weighted by Gasteiger charge is 2.23. The van der Waals surface area contributed by atoms with E-state index in [0.717, 1.165) is 11.1 Å². The standard InChI is InChI=1S/C26H23N5O5S/c1-16-4-3-5-18(12-16)14-37-26-29-28-24(30(26)20-7-9-21(10-8-20)31(33)34)17(2)27-25(32)19-6-11-22-23(13-19)36-15-35-22/h3-13,17H,14-15H2,1-2H3,(H,27,32). The average molecular weight is 518 g/mol. The predicted molar refractivity (Wildman–Crippen MR) is 137 cm³/mol. The number of carbonyl (C=O) groups excluding carboxylic acids is 1. The van der Waals surface area contributed by atoms with Gasteiger partial charge in [0.15, 0.2) is 22.5 Å². The molecule has 11 heteroatoms. The zero-order valence-electron chi connectivity index (χ0n) is 20.1. The molecule has 3 aromatic carbocycles. The SMILES string of the molecule is Cc1cccc(CSc2nnc(C(C)NC(=O)c3ccc4c(c3)OCO4)n2-c2ccc([N+](=O)[O-])cc2)c1. The first-order chi connectivity index (χ1) is 17.9. The van der Waals surface area contributed by atoms with Crippen LogP contribution in [-0.2, 0) is 5.75 Å². The zero-order chi connectivity index (χ0) is 25.9. The molecule has 37 heavy (non-hydrogen) atoms. The van der Waals surface area contributed by atoms with E-state index in [1.807, 2.05) is 36.6 Å². The van der Waals surface area contributed by atoms with Gasteiger partial charge in [-0.2, -0.15) is 0 Å². The van der Waals surface area contributed by atoms with Crippen molar-refractivity contribution in [3.8, 4) is 17.2 Å². The number of hydrogen-bond acceptors (Lipinski definition) is 8. The molecule has 0 bridgehead atoms. The third kappa shape index (κ3) is 5.26. The molecule has 5 rings (SSSR count). The van der Waals surface area contributed by atoms with Crippen molar-refractivity contribution in [3.05, 3.63) is 99.4 Å². The third-order valence-electron chi connectivity index (χ3n) is 5.80. The first-order valence-corrected chi connectivity index (χ1v) is 12.5. The number of nitro groups is 1. The Labute approximate surface area is 216 Å². The van der Waals surface area contributed by atoms with Crippen LogP contribution in [-0.4, -0.2) is 32.4 Å². The van der Waals surface area contributed by atoms with Crippen LogP contribution in [0.3, 0.4) is 0 Å². The van der Waals surface area contributed by atoms with Gasteiger partial charge in [0.05, 0.1) is 11.0 Å². The van der Waals surface area contributed by atoms with Gasteiger partial charge in [-0.3, -0.25) is 19.5 Å². The highest BCUT2D eigenvalue weighted by molar-refractivity contribution is 7.98. The fourth-order valence-corrected chi connectivity index (χ4v) is 4.86.